The topological polar surface area (TPSA) is 36.9 Å². The quantitative estimate of drug-likeness (QED) is 0.772. The molecule has 0 saturated heterocycles. The van der Waals surface area contributed by atoms with Crippen LogP contribution in [0.25, 0.3) is 0 Å². The van der Waals surface area contributed by atoms with E-state index in [1.165, 1.54) is 0 Å². The molecule has 0 fully saturated rings. The summed E-state index contributed by atoms with van der Waals surface area (Å²) in [7, 11) is 0. The highest BCUT2D eigenvalue weighted by molar-refractivity contribution is 7.99. The summed E-state index contributed by atoms with van der Waals surface area (Å²) in [5.74, 6) is 1.63. The summed E-state index contributed by atoms with van der Waals surface area (Å²) < 4.78 is 5.17. The van der Waals surface area contributed by atoms with E-state index >= 15 is 0 Å². The van der Waals surface area contributed by atoms with E-state index in [2.05, 4.69) is 6.07 Å². The van der Waals surface area contributed by atoms with Gasteiger partial charge in [-0.15, -0.1) is 11.8 Å². The van der Waals surface area contributed by atoms with E-state index in [0.717, 1.165) is 11.5 Å². The highest BCUT2D eigenvalue weighted by Crippen LogP contribution is 2.22. The van der Waals surface area contributed by atoms with E-state index in [1.54, 1.807) is 17.8 Å². The van der Waals surface area contributed by atoms with Crippen LogP contribution in [0.1, 0.15) is 19.1 Å². The van der Waals surface area contributed by atoms with Crippen molar-refractivity contribution in [1.82, 2.24) is 0 Å². The Balaban J connectivity index is 2.31. The molecule has 0 bridgehead atoms. The molecule has 1 unspecified atom stereocenters. The molecule has 1 atom stereocenters. The zero-order valence-corrected chi connectivity index (χ0v) is 8.86. The number of hydrogen-bond donors (Lipinski definition) is 0. The maximum absolute atomic E-state index is 8.43. The number of thioether (sulfide) groups is 1. The summed E-state index contributed by atoms with van der Waals surface area (Å²) in [6.07, 6.45) is 0.569. The number of nitrogens with zero attached hydrogens (tertiary/aromatic N) is 1. The molecule has 2 nitrogen and oxygen atoms in total. The number of nitriles is 1. The molecule has 1 heterocycles. The fourth-order valence-electron chi connectivity index (χ4n) is 0.841. The molecule has 0 aromatic carbocycles. The lowest BCUT2D eigenvalue weighted by Gasteiger charge is -2.03. The number of halogens is 1. The summed E-state index contributed by atoms with van der Waals surface area (Å²) in [6, 6.07) is 5.72. The molecule has 0 spiro atoms. The first-order valence-corrected chi connectivity index (χ1v) is 5.38. The monoisotopic (exact) mass is 215 g/mol. The SMILES string of the molecule is CC(CC#N)SCc1ccc(Cl)o1. The summed E-state index contributed by atoms with van der Waals surface area (Å²) in [5.41, 5.74) is 0. The van der Waals surface area contributed by atoms with E-state index in [0.29, 0.717) is 16.9 Å². The Bertz CT molecular complexity index is 305. The Kier molecular flexibility index (Phi) is 4.20. The first kappa shape index (κ1) is 10.5. The largest absolute Gasteiger partial charge is 0.449 e. The zero-order valence-electron chi connectivity index (χ0n) is 7.29. The molecule has 0 saturated carbocycles. The summed E-state index contributed by atoms with van der Waals surface area (Å²) >= 11 is 7.30. The van der Waals surface area contributed by atoms with E-state index in [4.69, 9.17) is 21.3 Å². The Morgan fingerprint density at radius 2 is 2.46 bits per heavy atom. The normalized spacial score (nSPS) is 12.4. The fraction of sp³-hybridized carbons (Fsp3) is 0.444. The van der Waals surface area contributed by atoms with Crippen LogP contribution in [0.5, 0.6) is 0 Å². The standard InChI is InChI=1S/C9H10ClNOS/c1-7(4-5-11)13-6-8-2-3-9(10)12-8/h2-3,7H,4,6H2,1H3. The lowest BCUT2D eigenvalue weighted by atomic mass is 10.4. The van der Waals surface area contributed by atoms with Crippen LogP contribution in [-0.2, 0) is 5.75 Å². The second kappa shape index (κ2) is 5.21. The first-order valence-electron chi connectivity index (χ1n) is 3.95. The van der Waals surface area contributed by atoms with Crippen molar-refractivity contribution in [1.29, 1.82) is 5.26 Å². The van der Waals surface area contributed by atoms with Gasteiger partial charge in [0.25, 0.3) is 0 Å². The van der Waals surface area contributed by atoms with Crippen LogP contribution in [0.15, 0.2) is 16.5 Å². The highest BCUT2D eigenvalue weighted by atomic mass is 35.5. The number of hydrogen-bond acceptors (Lipinski definition) is 3. The third-order valence-corrected chi connectivity index (χ3v) is 2.91. The molecule has 70 valence electrons. The van der Waals surface area contributed by atoms with Gasteiger partial charge in [-0.1, -0.05) is 6.92 Å². The van der Waals surface area contributed by atoms with Crippen molar-refractivity contribution in [3.63, 3.8) is 0 Å². The summed E-state index contributed by atoms with van der Waals surface area (Å²) in [4.78, 5) is 0. The van der Waals surface area contributed by atoms with Crippen LogP contribution in [0.2, 0.25) is 5.22 Å². The summed E-state index contributed by atoms with van der Waals surface area (Å²) in [5, 5.41) is 9.19. The van der Waals surface area contributed by atoms with Gasteiger partial charge in [-0.2, -0.15) is 5.26 Å². The average molecular weight is 216 g/mol. The minimum absolute atomic E-state index is 0.342. The Labute approximate surface area is 86.9 Å². The van der Waals surface area contributed by atoms with E-state index < -0.39 is 0 Å². The van der Waals surface area contributed by atoms with Gasteiger partial charge in [-0.25, -0.2) is 0 Å². The second-order valence-corrected chi connectivity index (χ2v) is 4.49. The van der Waals surface area contributed by atoms with Crippen molar-refractivity contribution in [2.75, 3.05) is 0 Å². The van der Waals surface area contributed by atoms with Gasteiger partial charge >= 0.3 is 0 Å². The van der Waals surface area contributed by atoms with Gasteiger partial charge in [0.15, 0.2) is 5.22 Å². The van der Waals surface area contributed by atoms with Crippen molar-refractivity contribution in [2.24, 2.45) is 0 Å². The Morgan fingerprint density at radius 1 is 1.69 bits per heavy atom. The minimum atomic E-state index is 0.342. The van der Waals surface area contributed by atoms with Crippen molar-refractivity contribution in [3.05, 3.63) is 23.1 Å². The molecular formula is C9H10ClNOS. The van der Waals surface area contributed by atoms with Crippen molar-refractivity contribution in [3.8, 4) is 6.07 Å². The van der Waals surface area contributed by atoms with Crippen LogP contribution in [0.4, 0.5) is 0 Å². The average Bonchev–Trinajstić information content (AvgIpc) is 2.49. The van der Waals surface area contributed by atoms with E-state index in [-0.39, 0.29) is 0 Å². The molecule has 13 heavy (non-hydrogen) atoms. The molecule has 0 N–H and O–H groups in total. The molecule has 0 radical (unpaired) electrons. The lowest BCUT2D eigenvalue weighted by Crippen LogP contribution is -1.93. The first-order chi connectivity index (χ1) is 6.22. The van der Waals surface area contributed by atoms with Crippen molar-refractivity contribution < 1.29 is 4.42 Å². The van der Waals surface area contributed by atoms with Gasteiger partial charge in [-0.05, 0) is 23.7 Å². The van der Waals surface area contributed by atoms with Gasteiger partial charge in [0.1, 0.15) is 5.76 Å². The molecular weight excluding hydrogens is 206 g/mol. The highest BCUT2D eigenvalue weighted by Gasteiger charge is 2.04. The van der Waals surface area contributed by atoms with Crippen LogP contribution in [-0.4, -0.2) is 5.25 Å². The molecule has 0 aliphatic rings. The van der Waals surface area contributed by atoms with E-state index in [9.17, 15) is 0 Å². The van der Waals surface area contributed by atoms with Crippen LogP contribution >= 0.6 is 23.4 Å². The smallest absolute Gasteiger partial charge is 0.193 e. The molecule has 0 aliphatic heterocycles. The second-order valence-electron chi connectivity index (χ2n) is 2.69. The Morgan fingerprint density at radius 3 is 3.00 bits per heavy atom. The lowest BCUT2D eigenvalue weighted by molar-refractivity contribution is 0.532. The predicted octanol–water partition coefficient (Wildman–Crippen LogP) is 3.47. The van der Waals surface area contributed by atoms with Gasteiger partial charge < -0.3 is 4.42 Å². The summed E-state index contributed by atoms with van der Waals surface area (Å²) in [6.45, 7) is 2.03. The number of furan rings is 1. The van der Waals surface area contributed by atoms with Crippen LogP contribution < -0.4 is 0 Å². The van der Waals surface area contributed by atoms with Crippen molar-refractivity contribution >= 4 is 23.4 Å². The van der Waals surface area contributed by atoms with Gasteiger partial charge in [0.2, 0.25) is 0 Å². The molecule has 1 aromatic heterocycles. The zero-order chi connectivity index (χ0) is 9.68. The third-order valence-electron chi connectivity index (χ3n) is 1.52. The van der Waals surface area contributed by atoms with Crippen molar-refractivity contribution in [2.45, 2.75) is 24.3 Å². The predicted molar refractivity (Wildman–Crippen MR) is 54.7 cm³/mol. The van der Waals surface area contributed by atoms with Crippen LogP contribution in [0, 0.1) is 11.3 Å². The molecule has 4 heteroatoms. The third kappa shape index (κ3) is 3.75. The van der Waals surface area contributed by atoms with Crippen LogP contribution in [0.3, 0.4) is 0 Å². The maximum atomic E-state index is 8.43. The maximum Gasteiger partial charge on any atom is 0.193 e. The van der Waals surface area contributed by atoms with Gasteiger partial charge in [-0.3, -0.25) is 0 Å². The number of rotatable bonds is 4. The molecule has 0 amide bonds. The minimum Gasteiger partial charge on any atom is -0.449 e. The Hall–Kier alpha value is -0.590. The molecule has 0 aliphatic carbocycles. The fourth-order valence-corrected chi connectivity index (χ4v) is 1.80. The van der Waals surface area contributed by atoms with E-state index in [1.807, 2.05) is 13.0 Å². The van der Waals surface area contributed by atoms with Gasteiger partial charge in [0.05, 0.1) is 11.8 Å². The molecule has 1 aromatic rings. The molecule has 1 rings (SSSR count). The van der Waals surface area contributed by atoms with Gasteiger partial charge in [0, 0.05) is 11.7 Å².